The number of hydrogen-bond acceptors (Lipinski definition) is 3. The van der Waals surface area contributed by atoms with Gasteiger partial charge in [0.2, 0.25) is 0 Å². The highest BCUT2D eigenvalue weighted by Crippen LogP contribution is 2.27. The van der Waals surface area contributed by atoms with Crippen molar-refractivity contribution >= 4 is 11.6 Å². The monoisotopic (exact) mass is 324 g/mol. The topological polar surface area (TPSA) is 35.0 Å². The normalized spacial score (nSPS) is 10.8. The van der Waals surface area contributed by atoms with E-state index < -0.39 is 0 Å². The van der Waals surface area contributed by atoms with Crippen molar-refractivity contribution in [1.29, 1.82) is 0 Å². The van der Waals surface area contributed by atoms with Crippen LogP contribution in [0.1, 0.15) is 13.8 Å². The Bertz CT molecular complexity index is 786. The van der Waals surface area contributed by atoms with Crippen LogP contribution in [0.2, 0.25) is 5.02 Å². The number of pyridine rings is 2. The van der Waals surface area contributed by atoms with E-state index in [1.165, 1.54) is 0 Å². The summed E-state index contributed by atoms with van der Waals surface area (Å²) in [6, 6.07) is 17.3. The highest BCUT2D eigenvalue weighted by Gasteiger charge is 2.07. The molecule has 1 aromatic carbocycles. The number of halogens is 1. The summed E-state index contributed by atoms with van der Waals surface area (Å²) in [5, 5.41) is 0.637. The molecule has 2 heterocycles. The zero-order chi connectivity index (χ0) is 16.2. The van der Waals surface area contributed by atoms with Gasteiger partial charge in [0, 0.05) is 16.8 Å². The first-order chi connectivity index (χ1) is 11.1. The van der Waals surface area contributed by atoms with E-state index in [-0.39, 0.29) is 6.10 Å². The summed E-state index contributed by atoms with van der Waals surface area (Å²) in [7, 11) is 0. The van der Waals surface area contributed by atoms with E-state index in [2.05, 4.69) is 9.97 Å². The fraction of sp³-hybridized carbons (Fsp3) is 0.158. The van der Waals surface area contributed by atoms with Crippen molar-refractivity contribution in [1.82, 2.24) is 9.97 Å². The number of nitrogens with zero attached hydrogens (tertiary/aromatic N) is 2. The Balaban J connectivity index is 1.95. The molecule has 0 bridgehead atoms. The lowest BCUT2D eigenvalue weighted by molar-refractivity contribution is 0.242. The third-order valence-electron chi connectivity index (χ3n) is 3.24. The third kappa shape index (κ3) is 3.88. The zero-order valence-electron chi connectivity index (χ0n) is 13.0. The quantitative estimate of drug-likeness (QED) is 0.657. The van der Waals surface area contributed by atoms with Crippen molar-refractivity contribution in [2.75, 3.05) is 0 Å². The summed E-state index contributed by atoms with van der Waals surface area (Å²) in [4.78, 5) is 9.01. The largest absolute Gasteiger partial charge is 0.491 e. The second kappa shape index (κ2) is 6.80. The fourth-order valence-electron chi connectivity index (χ4n) is 2.27. The van der Waals surface area contributed by atoms with E-state index >= 15 is 0 Å². The highest BCUT2D eigenvalue weighted by atomic mass is 35.5. The molecule has 116 valence electrons. The van der Waals surface area contributed by atoms with E-state index in [0.29, 0.717) is 5.02 Å². The molecule has 0 radical (unpaired) electrons. The van der Waals surface area contributed by atoms with E-state index in [1.54, 1.807) is 6.20 Å². The molecule has 0 atom stereocenters. The standard InChI is InChI=1S/C19H17ClN2O/c1-13(2)23-16-8-6-14(7-9-16)18-11-15(20)12-19(22-18)17-5-3-4-10-21-17/h3-13H,1-2H3. The summed E-state index contributed by atoms with van der Waals surface area (Å²) < 4.78 is 5.67. The van der Waals surface area contributed by atoms with Crippen molar-refractivity contribution in [3.05, 3.63) is 65.8 Å². The van der Waals surface area contributed by atoms with Crippen LogP contribution in [-0.2, 0) is 0 Å². The first-order valence-corrected chi connectivity index (χ1v) is 7.86. The van der Waals surface area contributed by atoms with Crippen LogP contribution in [0.3, 0.4) is 0 Å². The second-order valence-electron chi connectivity index (χ2n) is 5.46. The molecule has 3 aromatic rings. The van der Waals surface area contributed by atoms with Crippen molar-refractivity contribution in [2.24, 2.45) is 0 Å². The number of hydrogen-bond donors (Lipinski definition) is 0. The number of benzene rings is 1. The molecule has 0 unspecified atom stereocenters. The maximum absolute atomic E-state index is 6.26. The molecule has 0 aliphatic heterocycles. The van der Waals surface area contributed by atoms with Gasteiger partial charge in [0.1, 0.15) is 5.75 Å². The highest BCUT2D eigenvalue weighted by molar-refractivity contribution is 6.31. The van der Waals surface area contributed by atoms with Gasteiger partial charge in [-0.2, -0.15) is 0 Å². The van der Waals surface area contributed by atoms with E-state index in [4.69, 9.17) is 16.3 Å². The third-order valence-corrected chi connectivity index (χ3v) is 3.46. The van der Waals surface area contributed by atoms with Gasteiger partial charge in [-0.1, -0.05) is 17.7 Å². The fourth-order valence-corrected chi connectivity index (χ4v) is 2.47. The molecule has 0 aliphatic carbocycles. The molecule has 0 amide bonds. The molecule has 2 aromatic heterocycles. The molecule has 3 rings (SSSR count). The minimum atomic E-state index is 0.154. The van der Waals surface area contributed by atoms with Crippen molar-refractivity contribution in [3.8, 4) is 28.4 Å². The van der Waals surface area contributed by atoms with Gasteiger partial charge >= 0.3 is 0 Å². The Kier molecular flexibility index (Phi) is 4.58. The van der Waals surface area contributed by atoms with E-state index in [9.17, 15) is 0 Å². The van der Waals surface area contributed by atoms with Gasteiger partial charge in [0.25, 0.3) is 0 Å². The first-order valence-electron chi connectivity index (χ1n) is 7.48. The summed E-state index contributed by atoms with van der Waals surface area (Å²) >= 11 is 6.26. The summed E-state index contributed by atoms with van der Waals surface area (Å²) in [6.07, 6.45) is 1.90. The molecule has 0 spiro atoms. The van der Waals surface area contributed by atoms with Gasteiger partial charge in [-0.15, -0.1) is 0 Å². The second-order valence-corrected chi connectivity index (χ2v) is 5.90. The Morgan fingerprint density at radius 1 is 0.913 bits per heavy atom. The predicted molar refractivity (Wildman–Crippen MR) is 93.7 cm³/mol. The Morgan fingerprint density at radius 2 is 1.65 bits per heavy atom. The van der Waals surface area contributed by atoms with Gasteiger partial charge in [0.15, 0.2) is 0 Å². The molecule has 3 nitrogen and oxygen atoms in total. The molecule has 4 heteroatoms. The molecule has 0 fully saturated rings. The smallest absolute Gasteiger partial charge is 0.119 e. The number of rotatable bonds is 4. The van der Waals surface area contributed by atoms with Crippen LogP contribution in [0, 0.1) is 0 Å². The molecule has 0 saturated carbocycles. The number of aromatic nitrogens is 2. The molecule has 0 aliphatic rings. The predicted octanol–water partition coefficient (Wildman–Crippen LogP) is 5.25. The Morgan fingerprint density at radius 3 is 2.30 bits per heavy atom. The SMILES string of the molecule is CC(C)Oc1ccc(-c2cc(Cl)cc(-c3ccccn3)n2)cc1. The Hall–Kier alpha value is -2.39. The van der Waals surface area contributed by atoms with E-state index in [0.717, 1.165) is 28.4 Å². The molecular weight excluding hydrogens is 308 g/mol. The minimum absolute atomic E-state index is 0.154. The summed E-state index contributed by atoms with van der Waals surface area (Å²) in [5.41, 5.74) is 3.36. The lowest BCUT2D eigenvalue weighted by atomic mass is 10.1. The van der Waals surface area contributed by atoms with Crippen LogP contribution in [0.5, 0.6) is 5.75 Å². The summed E-state index contributed by atoms with van der Waals surface area (Å²) in [6.45, 7) is 4.01. The van der Waals surface area contributed by atoms with Gasteiger partial charge in [-0.05, 0) is 62.4 Å². The van der Waals surface area contributed by atoms with Gasteiger partial charge in [0.05, 0.1) is 23.2 Å². The van der Waals surface area contributed by atoms with E-state index in [1.807, 2.05) is 68.4 Å². The summed E-state index contributed by atoms with van der Waals surface area (Å²) in [5.74, 6) is 0.843. The lowest BCUT2D eigenvalue weighted by Gasteiger charge is -2.10. The maximum atomic E-state index is 6.26. The van der Waals surface area contributed by atoms with Crippen LogP contribution in [-0.4, -0.2) is 16.1 Å². The lowest BCUT2D eigenvalue weighted by Crippen LogP contribution is -2.05. The van der Waals surface area contributed by atoms with Crippen LogP contribution < -0.4 is 4.74 Å². The number of ether oxygens (including phenoxy) is 1. The average molecular weight is 325 g/mol. The molecular formula is C19H17ClN2O. The van der Waals surface area contributed by atoms with Gasteiger partial charge < -0.3 is 4.74 Å². The Labute approximate surface area is 140 Å². The van der Waals surface area contributed by atoms with Crippen molar-refractivity contribution in [3.63, 3.8) is 0 Å². The van der Waals surface area contributed by atoms with Crippen LogP contribution in [0.15, 0.2) is 60.8 Å². The van der Waals surface area contributed by atoms with Crippen molar-refractivity contribution in [2.45, 2.75) is 20.0 Å². The van der Waals surface area contributed by atoms with Crippen molar-refractivity contribution < 1.29 is 4.74 Å². The van der Waals surface area contributed by atoms with Crippen LogP contribution in [0.25, 0.3) is 22.6 Å². The maximum Gasteiger partial charge on any atom is 0.119 e. The molecule has 0 N–H and O–H groups in total. The van der Waals surface area contributed by atoms with Crippen LogP contribution in [0.4, 0.5) is 0 Å². The zero-order valence-corrected chi connectivity index (χ0v) is 13.8. The first kappa shape index (κ1) is 15.5. The van der Waals surface area contributed by atoms with Crippen LogP contribution >= 0.6 is 11.6 Å². The minimum Gasteiger partial charge on any atom is -0.491 e. The average Bonchev–Trinajstić information content (AvgIpc) is 2.55. The van der Waals surface area contributed by atoms with Gasteiger partial charge in [-0.25, -0.2) is 4.98 Å². The molecule has 0 saturated heterocycles. The van der Waals surface area contributed by atoms with Gasteiger partial charge in [-0.3, -0.25) is 4.98 Å². The molecule has 23 heavy (non-hydrogen) atoms.